The second kappa shape index (κ2) is 10.1. The Morgan fingerprint density at radius 2 is 1.94 bits per heavy atom. The molecule has 4 N–H and O–H groups in total. The van der Waals surface area contributed by atoms with Crippen molar-refractivity contribution in [2.45, 2.75) is 70.9 Å². The van der Waals surface area contributed by atoms with Crippen molar-refractivity contribution >= 4 is 18.1 Å². The van der Waals surface area contributed by atoms with E-state index in [9.17, 15) is 20.1 Å². The van der Waals surface area contributed by atoms with Gasteiger partial charge in [-0.3, -0.25) is 9.36 Å². The summed E-state index contributed by atoms with van der Waals surface area (Å²) in [6, 6.07) is 6.53. The molecule has 1 aliphatic heterocycles. The minimum absolute atomic E-state index is 0.0557. The van der Waals surface area contributed by atoms with E-state index in [4.69, 9.17) is 21.7 Å². The fraction of sp³-hybridized carbons (Fsp3) is 0.571. The molecule has 0 bridgehead atoms. The van der Waals surface area contributed by atoms with E-state index in [2.05, 4.69) is 10.4 Å². The van der Waals surface area contributed by atoms with Crippen LogP contribution in [0.3, 0.4) is 0 Å². The minimum Gasteiger partial charge on any atom is -0.486 e. The zero-order chi connectivity index (χ0) is 23.6. The van der Waals surface area contributed by atoms with Crippen molar-refractivity contribution in [2.75, 3.05) is 6.61 Å². The summed E-state index contributed by atoms with van der Waals surface area (Å²) < 4.78 is 15.2. The van der Waals surface area contributed by atoms with E-state index in [1.807, 2.05) is 45.0 Å². The molecule has 32 heavy (non-hydrogen) atoms. The highest BCUT2D eigenvalue weighted by Gasteiger charge is 2.46. The number of aryl methyl sites for hydroxylation is 1. The van der Waals surface area contributed by atoms with E-state index < -0.39 is 43.1 Å². The highest BCUT2D eigenvalue weighted by Crippen LogP contribution is 2.29. The quantitative estimate of drug-likeness (QED) is 0.445. The molecule has 1 aromatic carbocycles. The van der Waals surface area contributed by atoms with Crippen LogP contribution in [-0.4, -0.2) is 66.5 Å². The lowest BCUT2D eigenvalue weighted by Gasteiger charge is -2.42. The SMILES string of the molecule is CC(=O)N[C@@H]1[C@@H](O)[C@H](O)[C@@H](CO)O[C@H]1n1nc(COc2ccc(C)cc2)n(C(C)C)c1=S. The smallest absolute Gasteiger partial charge is 0.217 e. The third-order valence-corrected chi connectivity index (χ3v) is 5.70. The molecule has 0 unspecified atom stereocenters. The van der Waals surface area contributed by atoms with Gasteiger partial charge in [-0.25, -0.2) is 4.68 Å². The Balaban J connectivity index is 1.97. The Kier molecular flexibility index (Phi) is 7.67. The Hall–Kier alpha value is -2.31. The number of carbonyl (C=O) groups is 1. The maximum atomic E-state index is 11.8. The molecule has 1 fully saturated rings. The topological polar surface area (TPSA) is 131 Å². The fourth-order valence-electron chi connectivity index (χ4n) is 3.70. The summed E-state index contributed by atoms with van der Waals surface area (Å²) in [5, 5.41) is 37.6. The van der Waals surface area contributed by atoms with Gasteiger partial charge < -0.3 is 30.1 Å². The van der Waals surface area contributed by atoms with Crippen LogP contribution in [0.1, 0.15) is 44.4 Å². The van der Waals surface area contributed by atoms with Gasteiger partial charge in [-0.2, -0.15) is 5.10 Å². The number of aliphatic hydroxyl groups is 3. The lowest BCUT2D eigenvalue weighted by molar-refractivity contribution is -0.219. The first-order valence-electron chi connectivity index (χ1n) is 10.4. The largest absolute Gasteiger partial charge is 0.486 e. The zero-order valence-electron chi connectivity index (χ0n) is 18.5. The van der Waals surface area contributed by atoms with Crippen LogP contribution in [0.4, 0.5) is 0 Å². The number of carbonyl (C=O) groups excluding carboxylic acids is 1. The van der Waals surface area contributed by atoms with Crippen LogP contribution in [-0.2, 0) is 16.1 Å². The average Bonchev–Trinajstić information content (AvgIpc) is 3.07. The molecule has 1 amide bonds. The number of nitrogens with zero attached hydrogens (tertiary/aromatic N) is 3. The molecule has 10 nitrogen and oxygen atoms in total. The van der Waals surface area contributed by atoms with Gasteiger partial charge in [0.15, 0.2) is 12.1 Å². The van der Waals surface area contributed by atoms with Crippen molar-refractivity contribution in [2.24, 2.45) is 0 Å². The molecule has 1 aromatic heterocycles. The summed E-state index contributed by atoms with van der Waals surface area (Å²) in [5.41, 5.74) is 1.12. The van der Waals surface area contributed by atoms with E-state index in [1.165, 1.54) is 11.6 Å². The Morgan fingerprint density at radius 3 is 2.50 bits per heavy atom. The molecular weight excluding hydrogens is 436 g/mol. The summed E-state index contributed by atoms with van der Waals surface area (Å²) in [7, 11) is 0. The zero-order valence-corrected chi connectivity index (χ0v) is 19.3. The van der Waals surface area contributed by atoms with Gasteiger partial charge in [0.25, 0.3) is 0 Å². The van der Waals surface area contributed by atoms with Crippen LogP contribution in [0.15, 0.2) is 24.3 Å². The molecule has 3 rings (SSSR count). The standard InChI is InChI=1S/C21H30N4O6S/c1-11(2)24-16(10-30-14-7-5-12(3)6-8-14)23-25(21(24)32)20-17(22-13(4)27)19(29)18(28)15(9-26)31-20/h5-8,11,15,17-20,26,28-29H,9-10H2,1-4H3,(H,22,27)/t15-,17-,18-,19-,20-/m1/s1. The van der Waals surface area contributed by atoms with Crippen molar-refractivity contribution < 1.29 is 29.6 Å². The van der Waals surface area contributed by atoms with Gasteiger partial charge in [-0.05, 0) is 45.1 Å². The van der Waals surface area contributed by atoms with E-state index in [0.29, 0.717) is 16.3 Å². The van der Waals surface area contributed by atoms with Gasteiger partial charge in [0, 0.05) is 13.0 Å². The van der Waals surface area contributed by atoms with Gasteiger partial charge in [-0.1, -0.05) is 17.7 Å². The fourth-order valence-corrected chi connectivity index (χ4v) is 4.16. The second-order valence-corrected chi connectivity index (χ2v) is 8.53. The molecule has 2 heterocycles. The van der Waals surface area contributed by atoms with Crippen molar-refractivity contribution in [1.29, 1.82) is 0 Å². The van der Waals surface area contributed by atoms with Gasteiger partial charge in [0.1, 0.15) is 36.7 Å². The van der Waals surface area contributed by atoms with Crippen LogP contribution >= 0.6 is 12.2 Å². The van der Waals surface area contributed by atoms with Gasteiger partial charge in [0.2, 0.25) is 10.7 Å². The molecule has 1 aliphatic rings. The Labute approximate surface area is 191 Å². The Morgan fingerprint density at radius 1 is 1.28 bits per heavy atom. The number of aliphatic hydroxyl groups excluding tert-OH is 3. The number of rotatable bonds is 7. The number of nitrogens with one attached hydrogen (secondary N) is 1. The third kappa shape index (κ3) is 5.02. The van der Waals surface area contributed by atoms with Gasteiger partial charge in [0.05, 0.1) is 6.61 Å². The highest BCUT2D eigenvalue weighted by molar-refractivity contribution is 7.71. The minimum atomic E-state index is -1.40. The molecular formula is C21H30N4O6S. The monoisotopic (exact) mass is 466 g/mol. The Bertz CT molecular complexity index is 989. The summed E-state index contributed by atoms with van der Waals surface area (Å²) in [4.78, 5) is 11.8. The first kappa shape index (κ1) is 24.3. The third-order valence-electron chi connectivity index (χ3n) is 5.32. The number of amides is 1. The maximum absolute atomic E-state index is 11.8. The number of aromatic nitrogens is 3. The van der Waals surface area contributed by atoms with Crippen molar-refractivity contribution in [3.05, 3.63) is 40.4 Å². The number of benzene rings is 1. The molecule has 11 heteroatoms. The van der Waals surface area contributed by atoms with E-state index in [0.717, 1.165) is 5.56 Å². The number of hydrogen-bond acceptors (Lipinski definition) is 8. The average molecular weight is 467 g/mol. The first-order chi connectivity index (χ1) is 15.1. The first-order valence-corrected chi connectivity index (χ1v) is 10.8. The van der Waals surface area contributed by atoms with Crippen molar-refractivity contribution in [1.82, 2.24) is 19.7 Å². The van der Waals surface area contributed by atoms with E-state index in [1.54, 1.807) is 4.57 Å². The van der Waals surface area contributed by atoms with Crippen molar-refractivity contribution in [3.8, 4) is 5.75 Å². The molecule has 176 valence electrons. The summed E-state index contributed by atoms with van der Waals surface area (Å²) in [6.45, 7) is 6.77. The summed E-state index contributed by atoms with van der Waals surface area (Å²) >= 11 is 5.64. The molecule has 0 aliphatic carbocycles. The van der Waals surface area contributed by atoms with E-state index in [-0.39, 0.29) is 12.6 Å². The maximum Gasteiger partial charge on any atom is 0.217 e. The van der Waals surface area contributed by atoms with Crippen LogP contribution in [0, 0.1) is 11.7 Å². The normalized spacial score (nSPS) is 25.7. The van der Waals surface area contributed by atoms with E-state index >= 15 is 0 Å². The molecule has 0 saturated carbocycles. The molecule has 0 spiro atoms. The molecule has 0 radical (unpaired) electrons. The molecule has 2 aromatic rings. The summed E-state index contributed by atoms with van der Waals surface area (Å²) in [6.07, 6.45) is -4.90. The van der Waals surface area contributed by atoms with Crippen LogP contribution < -0.4 is 10.1 Å². The molecule has 5 atom stereocenters. The predicted molar refractivity (Wildman–Crippen MR) is 118 cm³/mol. The summed E-state index contributed by atoms with van der Waals surface area (Å²) in [5.74, 6) is 0.780. The van der Waals surface area contributed by atoms with Crippen LogP contribution in [0.2, 0.25) is 0 Å². The van der Waals surface area contributed by atoms with Crippen molar-refractivity contribution in [3.63, 3.8) is 0 Å². The lowest BCUT2D eigenvalue weighted by Crippen LogP contribution is -2.62. The second-order valence-electron chi connectivity index (χ2n) is 8.16. The number of hydrogen-bond donors (Lipinski definition) is 4. The van der Waals surface area contributed by atoms with Crippen LogP contribution in [0.5, 0.6) is 5.75 Å². The predicted octanol–water partition coefficient (Wildman–Crippen LogP) is 0.999. The van der Waals surface area contributed by atoms with Crippen LogP contribution in [0.25, 0.3) is 0 Å². The number of ether oxygens (including phenoxy) is 2. The van der Waals surface area contributed by atoms with Gasteiger partial charge >= 0.3 is 0 Å². The van der Waals surface area contributed by atoms with Gasteiger partial charge in [-0.15, -0.1) is 0 Å². The highest BCUT2D eigenvalue weighted by atomic mass is 32.1. The lowest BCUT2D eigenvalue weighted by atomic mass is 9.96. The molecule has 1 saturated heterocycles.